The highest BCUT2D eigenvalue weighted by Crippen LogP contribution is 2.18. The zero-order chi connectivity index (χ0) is 14.0. The summed E-state index contributed by atoms with van der Waals surface area (Å²) in [6.45, 7) is 8.19. The van der Waals surface area contributed by atoms with Crippen LogP contribution < -0.4 is 5.32 Å². The first-order chi connectivity index (χ1) is 8.99. The first-order valence-electron chi connectivity index (χ1n) is 6.54. The van der Waals surface area contributed by atoms with Gasteiger partial charge in [0.05, 0.1) is 11.2 Å². The van der Waals surface area contributed by atoms with Crippen molar-refractivity contribution < 1.29 is 4.79 Å². The van der Waals surface area contributed by atoms with Crippen LogP contribution in [0.3, 0.4) is 0 Å². The zero-order valence-corrected chi connectivity index (χ0v) is 13.5. The van der Waals surface area contributed by atoms with Crippen molar-refractivity contribution in [1.29, 1.82) is 0 Å². The van der Waals surface area contributed by atoms with E-state index in [0.717, 1.165) is 6.54 Å². The molecule has 0 radical (unpaired) electrons. The Bertz CT molecular complexity index is 481. The Morgan fingerprint density at radius 3 is 2.85 bits per heavy atom. The van der Waals surface area contributed by atoms with Crippen LogP contribution in [0, 0.1) is 0 Å². The standard InChI is InChI=1S/C13H19ClN4O.ClH/c1-8(2)12-16-6-10(14)11(17-12)13(19)18-5-4-15-9(3)7-18;/h6,8-9,15H,4-5,7H2,1-3H3;1H. The first-order valence-corrected chi connectivity index (χ1v) is 6.92. The third kappa shape index (κ3) is 3.81. The van der Waals surface area contributed by atoms with Crippen LogP contribution in [-0.4, -0.2) is 46.5 Å². The predicted molar refractivity (Wildman–Crippen MR) is 81.7 cm³/mol. The maximum Gasteiger partial charge on any atom is 0.274 e. The molecule has 1 N–H and O–H groups in total. The topological polar surface area (TPSA) is 58.1 Å². The van der Waals surface area contributed by atoms with Gasteiger partial charge in [0.2, 0.25) is 0 Å². The van der Waals surface area contributed by atoms with Crippen LogP contribution in [0.2, 0.25) is 5.02 Å². The van der Waals surface area contributed by atoms with Gasteiger partial charge in [0.25, 0.3) is 5.91 Å². The second kappa shape index (κ2) is 7.20. The van der Waals surface area contributed by atoms with Crippen molar-refractivity contribution in [3.63, 3.8) is 0 Å². The third-order valence-electron chi connectivity index (χ3n) is 3.14. The smallest absolute Gasteiger partial charge is 0.274 e. The van der Waals surface area contributed by atoms with Gasteiger partial charge in [0.1, 0.15) is 5.82 Å². The number of aromatic nitrogens is 2. The fourth-order valence-corrected chi connectivity index (χ4v) is 2.25. The van der Waals surface area contributed by atoms with Crippen LogP contribution in [0.15, 0.2) is 6.20 Å². The molecular weight excluding hydrogens is 299 g/mol. The number of hydrogen-bond donors (Lipinski definition) is 1. The lowest BCUT2D eigenvalue weighted by Gasteiger charge is -2.31. The van der Waals surface area contributed by atoms with Gasteiger partial charge in [-0.2, -0.15) is 0 Å². The number of amides is 1. The molecule has 1 amide bonds. The van der Waals surface area contributed by atoms with Gasteiger partial charge in [-0.3, -0.25) is 4.79 Å². The molecule has 1 unspecified atom stereocenters. The minimum absolute atomic E-state index is 0. The number of hydrogen-bond acceptors (Lipinski definition) is 4. The molecule has 112 valence electrons. The Balaban J connectivity index is 0.00000200. The summed E-state index contributed by atoms with van der Waals surface area (Å²) < 4.78 is 0. The highest BCUT2D eigenvalue weighted by molar-refractivity contribution is 6.33. The van der Waals surface area contributed by atoms with Crippen molar-refractivity contribution in [2.75, 3.05) is 19.6 Å². The predicted octanol–water partition coefficient (Wildman–Crippen LogP) is 2.11. The summed E-state index contributed by atoms with van der Waals surface area (Å²) in [7, 11) is 0. The maximum absolute atomic E-state index is 12.5. The van der Waals surface area contributed by atoms with E-state index in [4.69, 9.17) is 11.6 Å². The van der Waals surface area contributed by atoms with Crippen molar-refractivity contribution in [2.24, 2.45) is 0 Å². The minimum atomic E-state index is -0.109. The highest BCUT2D eigenvalue weighted by atomic mass is 35.5. The molecule has 1 aromatic rings. The average molecular weight is 319 g/mol. The number of carbonyl (C=O) groups is 1. The molecule has 7 heteroatoms. The highest BCUT2D eigenvalue weighted by Gasteiger charge is 2.25. The van der Waals surface area contributed by atoms with Gasteiger partial charge >= 0.3 is 0 Å². The van der Waals surface area contributed by atoms with Crippen molar-refractivity contribution in [3.05, 3.63) is 22.7 Å². The summed E-state index contributed by atoms with van der Waals surface area (Å²) in [6, 6.07) is 0.294. The Labute approximate surface area is 130 Å². The van der Waals surface area contributed by atoms with Gasteiger partial charge in [0, 0.05) is 31.6 Å². The summed E-state index contributed by atoms with van der Waals surface area (Å²) in [5.74, 6) is 0.712. The molecule has 0 bridgehead atoms. The Morgan fingerprint density at radius 2 is 2.25 bits per heavy atom. The quantitative estimate of drug-likeness (QED) is 0.907. The van der Waals surface area contributed by atoms with Crippen LogP contribution in [0.5, 0.6) is 0 Å². The molecule has 0 aromatic carbocycles. The molecule has 1 aromatic heterocycles. The van der Waals surface area contributed by atoms with Crippen molar-refractivity contribution in [2.45, 2.75) is 32.7 Å². The molecule has 0 aliphatic carbocycles. The van der Waals surface area contributed by atoms with E-state index >= 15 is 0 Å². The van der Waals surface area contributed by atoms with Crippen LogP contribution in [-0.2, 0) is 0 Å². The molecule has 1 atom stereocenters. The molecule has 2 rings (SSSR count). The van der Waals surface area contributed by atoms with E-state index in [9.17, 15) is 4.79 Å². The third-order valence-corrected chi connectivity index (χ3v) is 3.41. The number of nitrogens with zero attached hydrogens (tertiary/aromatic N) is 3. The van der Waals surface area contributed by atoms with E-state index in [1.807, 2.05) is 13.8 Å². The number of nitrogens with one attached hydrogen (secondary N) is 1. The largest absolute Gasteiger partial charge is 0.334 e. The minimum Gasteiger partial charge on any atom is -0.334 e. The molecule has 1 aliphatic heterocycles. The summed E-state index contributed by atoms with van der Waals surface area (Å²) in [4.78, 5) is 22.7. The van der Waals surface area contributed by atoms with Gasteiger partial charge in [-0.25, -0.2) is 9.97 Å². The fraction of sp³-hybridized carbons (Fsp3) is 0.615. The molecule has 20 heavy (non-hydrogen) atoms. The van der Waals surface area contributed by atoms with E-state index in [0.29, 0.717) is 35.7 Å². The van der Waals surface area contributed by atoms with Crippen molar-refractivity contribution in [3.8, 4) is 0 Å². The van der Waals surface area contributed by atoms with Crippen LogP contribution >= 0.6 is 24.0 Å². The van der Waals surface area contributed by atoms with E-state index in [1.54, 1.807) is 4.90 Å². The Kier molecular flexibility index (Phi) is 6.17. The number of carbonyl (C=O) groups excluding carboxylic acids is 1. The summed E-state index contributed by atoms with van der Waals surface area (Å²) in [6.07, 6.45) is 1.52. The monoisotopic (exact) mass is 318 g/mol. The van der Waals surface area contributed by atoms with E-state index in [1.165, 1.54) is 6.20 Å². The lowest BCUT2D eigenvalue weighted by Crippen LogP contribution is -2.51. The molecular formula is C13H20Cl2N4O. The maximum atomic E-state index is 12.5. The van der Waals surface area contributed by atoms with E-state index < -0.39 is 0 Å². The lowest BCUT2D eigenvalue weighted by molar-refractivity contribution is 0.0702. The van der Waals surface area contributed by atoms with Crippen molar-refractivity contribution >= 4 is 29.9 Å². The van der Waals surface area contributed by atoms with Crippen LogP contribution in [0.1, 0.15) is 43.0 Å². The van der Waals surface area contributed by atoms with Gasteiger partial charge in [-0.1, -0.05) is 25.4 Å². The van der Waals surface area contributed by atoms with Crippen molar-refractivity contribution in [1.82, 2.24) is 20.2 Å². The van der Waals surface area contributed by atoms with Gasteiger partial charge in [-0.15, -0.1) is 12.4 Å². The van der Waals surface area contributed by atoms with E-state index in [2.05, 4.69) is 22.2 Å². The van der Waals surface area contributed by atoms with E-state index in [-0.39, 0.29) is 24.2 Å². The zero-order valence-electron chi connectivity index (χ0n) is 11.9. The lowest BCUT2D eigenvalue weighted by atomic mass is 10.2. The number of halogens is 2. The molecule has 2 heterocycles. The Hall–Kier alpha value is -0.910. The SMILES string of the molecule is CC1CN(C(=O)c2nc(C(C)C)ncc2Cl)CCN1.Cl. The molecule has 0 saturated carbocycles. The molecule has 0 spiro atoms. The van der Waals surface area contributed by atoms with Crippen LogP contribution in [0.4, 0.5) is 0 Å². The van der Waals surface area contributed by atoms with Crippen LogP contribution in [0.25, 0.3) is 0 Å². The number of piperazine rings is 1. The van der Waals surface area contributed by atoms with Gasteiger partial charge in [-0.05, 0) is 6.92 Å². The average Bonchev–Trinajstić information content (AvgIpc) is 2.38. The molecule has 1 fully saturated rings. The second-order valence-electron chi connectivity index (χ2n) is 5.19. The normalized spacial score (nSPS) is 18.9. The number of rotatable bonds is 2. The molecule has 1 aliphatic rings. The summed E-state index contributed by atoms with van der Waals surface area (Å²) >= 11 is 6.06. The second-order valence-corrected chi connectivity index (χ2v) is 5.59. The molecule has 5 nitrogen and oxygen atoms in total. The summed E-state index contributed by atoms with van der Waals surface area (Å²) in [5, 5.41) is 3.62. The fourth-order valence-electron chi connectivity index (χ4n) is 2.08. The first kappa shape index (κ1) is 17.1. The summed E-state index contributed by atoms with van der Waals surface area (Å²) in [5.41, 5.74) is 0.314. The van der Waals surface area contributed by atoms with Gasteiger partial charge in [0.15, 0.2) is 5.69 Å². The molecule has 1 saturated heterocycles. The van der Waals surface area contributed by atoms with Gasteiger partial charge < -0.3 is 10.2 Å². The Morgan fingerprint density at radius 1 is 1.55 bits per heavy atom.